The molecule has 0 bridgehead atoms. The van der Waals surface area contributed by atoms with Gasteiger partial charge in [-0.05, 0) is 11.6 Å². The molecule has 0 aliphatic heterocycles. The first-order valence-corrected chi connectivity index (χ1v) is 5.54. The van der Waals surface area contributed by atoms with Crippen molar-refractivity contribution in [2.24, 2.45) is 5.73 Å². The van der Waals surface area contributed by atoms with Gasteiger partial charge in [-0.1, -0.05) is 6.07 Å². The van der Waals surface area contributed by atoms with Crippen molar-refractivity contribution in [2.45, 2.75) is 18.9 Å². The number of primary amides is 1. The summed E-state index contributed by atoms with van der Waals surface area (Å²) in [7, 11) is 0. The minimum absolute atomic E-state index is 0.0906. The Hall–Kier alpha value is -2.51. The van der Waals surface area contributed by atoms with E-state index in [4.69, 9.17) is 10.8 Å². The van der Waals surface area contributed by atoms with Gasteiger partial charge in [0, 0.05) is 6.07 Å². The van der Waals surface area contributed by atoms with E-state index in [2.05, 4.69) is 0 Å². The van der Waals surface area contributed by atoms with Gasteiger partial charge in [0.25, 0.3) is 0 Å². The molecule has 1 aromatic rings. The van der Waals surface area contributed by atoms with Crippen molar-refractivity contribution in [3.8, 4) is 0 Å². The van der Waals surface area contributed by atoms with Crippen LogP contribution in [-0.4, -0.2) is 28.9 Å². The Bertz CT molecular complexity index is 548. The Balaban J connectivity index is 2.70. The van der Waals surface area contributed by atoms with Crippen LogP contribution in [0.1, 0.15) is 12.0 Å². The van der Waals surface area contributed by atoms with Crippen LogP contribution in [0.2, 0.25) is 0 Å². The lowest BCUT2D eigenvalue weighted by Gasteiger charge is -2.13. The van der Waals surface area contributed by atoms with Crippen LogP contribution < -0.4 is 11.1 Å². The molecule has 4 N–H and O–H groups in total. The quantitative estimate of drug-likeness (QED) is 0.681. The second kappa shape index (κ2) is 6.60. The molecule has 1 atom stereocenters. The zero-order valence-corrected chi connectivity index (χ0v) is 10.2. The van der Waals surface area contributed by atoms with Crippen molar-refractivity contribution >= 4 is 17.8 Å². The number of amides is 2. The Morgan fingerprint density at radius 2 is 1.95 bits per heavy atom. The van der Waals surface area contributed by atoms with Crippen LogP contribution in [0.25, 0.3) is 0 Å². The lowest BCUT2D eigenvalue weighted by atomic mass is 10.1. The molecule has 0 saturated heterocycles. The van der Waals surface area contributed by atoms with E-state index < -0.39 is 48.3 Å². The van der Waals surface area contributed by atoms with Gasteiger partial charge in [-0.3, -0.25) is 9.59 Å². The van der Waals surface area contributed by atoms with Crippen LogP contribution in [0.4, 0.5) is 8.78 Å². The largest absolute Gasteiger partial charge is 0.480 e. The maximum Gasteiger partial charge on any atom is 0.326 e. The van der Waals surface area contributed by atoms with Crippen LogP contribution in [0.5, 0.6) is 0 Å². The second-order valence-electron chi connectivity index (χ2n) is 4.04. The number of hydrogen-bond donors (Lipinski definition) is 3. The summed E-state index contributed by atoms with van der Waals surface area (Å²) in [5.41, 5.74) is 4.75. The zero-order chi connectivity index (χ0) is 15.3. The van der Waals surface area contributed by atoms with E-state index in [1.807, 2.05) is 5.32 Å². The van der Waals surface area contributed by atoms with Gasteiger partial charge >= 0.3 is 5.97 Å². The zero-order valence-electron chi connectivity index (χ0n) is 10.2. The molecule has 20 heavy (non-hydrogen) atoms. The normalized spacial score (nSPS) is 11.7. The van der Waals surface area contributed by atoms with Gasteiger partial charge in [0.15, 0.2) is 0 Å². The average molecular weight is 286 g/mol. The van der Waals surface area contributed by atoms with E-state index in [1.54, 1.807) is 0 Å². The number of carboxylic acid groups (broad SMARTS) is 1. The van der Waals surface area contributed by atoms with E-state index in [-0.39, 0.29) is 5.56 Å². The van der Waals surface area contributed by atoms with Crippen molar-refractivity contribution in [1.82, 2.24) is 5.32 Å². The molecule has 2 amide bonds. The first-order chi connectivity index (χ1) is 9.29. The summed E-state index contributed by atoms with van der Waals surface area (Å²) in [4.78, 5) is 33.0. The van der Waals surface area contributed by atoms with Crippen molar-refractivity contribution < 1.29 is 28.3 Å². The third kappa shape index (κ3) is 4.63. The van der Waals surface area contributed by atoms with Gasteiger partial charge in [-0.15, -0.1) is 0 Å². The molecule has 8 heteroatoms. The van der Waals surface area contributed by atoms with Crippen molar-refractivity contribution in [3.05, 3.63) is 35.4 Å². The Kier molecular flexibility index (Phi) is 5.13. The molecule has 0 aliphatic rings. The molecule has 0 aromatic heterocycles. The van der Waals surface area contributed by atoms with E-state index in [0.717, 1.165) is 12.1 Å². The van der Waals surface area contributed by atoms with E-state index >= 15 is 0 Å². The fourth-order valence-corrected chi connectivity index (χ4v) is 1.48. The van der Waals surface area contributed by atoms with Crippen LogP contribution in [0.15, 0.2) is 18.2 Å². The summed E-state index contributed by atoms with van der Waals surface area (Å²) in [6.07, 6.45) is -1.05. The predicted octanol–water partition coefficient (Wildman–Crippen LogP) is -0.0479. The monoisotopic (exact) mass is 286 g/mol. The Labute approximate surface area is 112 Å². The predicted molar refractivity (Wildman–Crippen MR) is 63.4 cm³/mol. The molecular weight excluding hydrogens is 274 g/mol. The molecule has 0 spiro atoms. The fourth-order valence-electron chi connectivity index (χ4n) is 1.48. The summed E-state index contributed by atoms with van der Waals surface area (Å²) in [6.45, 7) is 0. The molecular formula is C12H12F2N2O4. The van der Waals surface area contributed by atoms with E-state index in [9.17, 15) is 23.2 Å². The van der Waals surface area contributed by atoms with Crippen molar-refractivity contribution in [2.75, 3.05) is 0 Å². The number of rotatable bonds is 6. The average Bonchev–Trinajstić information content (AvgIpc) is 2.31. The van der Waals surface area contributed by atoms with Gasteiger partial charge in [0.05, 0.1) is 12.8 Å². The molecule has 0 radical (unpaired) electrons. The highest BCUT2D eigenvalue weighted by Gasteiger charge is 2.22. The number of benzene rings is 1. The molecule has 0 aliphatic carbocycles. The molecule has 1 rings (SSSR count). The number of carboxylic acids is 1. The van der Waals surface area contributed by atoms with Crippen LogP contribution in [0.3, 0.4) is 0 Å². The van der Waals surface area contributed by atoms with Gasteiger partial charge in [0.2, 0.25) is 11.8 Å². The standard InChI is InChI=1S/C12H12F2N2O4/c13-7-2-1-6(8(14)4-7)3-11(18)16-9(12(19)20)5-10(15)17/h1-2,4,9H,3,5H2,(H2,15,17)(H,16,18)(H,19,20)/t9-/m0/s1. The highest BCUT2D eigenvalue weighted by atomic mass is 19.1. The van der Waals surface area contributed by atoms with Crippen molar-refractivity contribution in [1.29, 1.82) is 0 Å². The summed E-state index contributed by atoms with van der Waals surface area (Å²) >= 11 is 0. The molecule has 0 unspecified atom stereocenters. The number of nitrogens with two attached hydrogens (primary N) is 1. The number of carbonyl (C=O) groups excluding carboxylic acids is 2. The summed E-state index contributed by atoms with van der Waals surface area (Å²) in [5, 5.41) is 10.8. The van der Waals surface area contributed by atoms with E-state index in [1.165, 1.54) is 0 Å². The number of carbonyl (C=O) groups is 3. The Morgan fingerprint density at radius 3 is 2.45 bits per heavy atom. The first-order valence-electron chi connectivity index (χ1n) is 5.54. The van der Waals surface area contributed by atoms with Gasteiger partial charge < -0.3 is 16.2 Å². The third-order valence-electron chi connectivity index (χ3n) is 2.40. The summed E-state index contributed by atoms with van der Waals surface area (Å²) in [5.74, 6) is -4.85. The Morgan fingerprint density at radius 1 is 1.30 bits per heavy atom. The smallest absolute Gasteiger partial charge is 0.326 e. The number of nitrogens with one attached hydrogen (secondary N) is 1. The highest BCUT2D eigenvalue weighted by molar-refractivity contribution is 5.88. The molecule has 1 aromatic carbocycles. The fraction of sp³-hybridized carbons (Fsp3) is 0.250. The van der Waals surface area contributed by atoms with Crippen LogP contribution in [0, 0.1) is 11.6 Å². The molecule has 6 nitrogen and oxygen atoms in total. The molecule has 108 valence electrons. The summed E-state index contributed by atoms with van der Waals surface area (Å²) in [6, 6.07) is 1.18. The topological polar surface area (TPSA) is 109 Å². The number of aliphatic carboxylic acids is 1. The minimum atomic E-state index is -1.48. The summed E-state index contributed by atoms with van der Waals surface area (Å²) < 4.78 is 26.0. The lowest BCUT2D eigenvalue weighted by Crippen LogP contribution is -2.44. The molecule has 0 fully saturated rings. The minimum Gasteiger partial charge on any atom is -0.480 e. The third-order valence-corrected chi connectivity index (χ3v) is 2.40. The van der Waals surface area contributed by atoms with Gasteiger partial charge in [-0.2, -0.15) is 0 Å². The molecule has 0 saturated carbocycles. The molecule has 0 heterocycles. The maximum atomic E-state index is 13.3. The van der Waals surface area contributed by atoms with Crippen molar-refractivity contribution in [3.63, 3.8) is 0 Å². The van der Waals surface area contributed by atoms with E-state index in [0.29, 0.717) is 6.07 Å². The number of hydrogen-bond acceptors (Lipinski definition) is 3. The first kappa shape index (κ1) is 15.5. The van der Waals surface area contributed by atoms with Crippen LogP contribution in [-0.2, 0) is 20.8 Å². The maximum absolute atomic E-state index is 13.3. The SMILES string of the molecule is NC(=O)C[C@H](NC(=O)Cc1ccc(F)cc1F)C(=O)O. The second-order valence-corrected chi connectivity index (χ2v) is 4.04. The van der Waals surface area contributed by atoms with Gasteiger partial charge in [0.1, 0.15) is 17.7 Å². The number of halogens is 2. The van der Waals surface area contributed by atoms with Crippen LogP contribution >= 0.6 is 0 Å². The van der Waals surface area contributed by atoms with Gasteiger partial charge in [-0.25, -0.2) is 13.6 Å². The highest BCUT2D eigenvalue weighted by Crippen LogP contribution is 2.10. The lowest BCUT2D eigenvalue weighted by molar-refractivity contribution is -0.143.